The first kappa shape index (κ1) is 24.8. The molecule has 2 N–H and O–H groups in total. The highest BCUT2D eigenvalue weighted by atomic mass is 32.2. The molecule has 9 nitrogen and oxygen atoms in total. The first-order valence-electron chi connectivity index (χ1n) is 9.81. The summed E-state index contributed by atoms with van der Waals surface area (Å²) >= 11 is 1.24. The average Bonchev–Trinajstić information content (AvgIpc) is 3.17. The van der Waals surface area contributed by atoms with Gasteiger partial charge in [0.25, 0.3) is 0 Å². The summed E-state index contributed by atoms with van der Waals surface area (Å²) in [5.74, 6) is -1.27. The minimum Gasteiger partial charge on any atom is -0.380 e. The summed E-state index contributed by atoms with van der Waals surface area (Å²) in [5, 5.41) is 9.09. The smallest absolute Gasteiger partial charge is 0.245 e. The molecule has 0 spiro atoms. The van der Waals surface area contributed by atoms with Crippen LogP contribution in [0.5, 0.6) is 0 Å². The van der Waals surface area contributed by atoms with Crippen LogP contribution in [0.15, 0.2) is 36.4 Å². The Balaban J connectivity index is 2.05. The van der Waals surface area contributed by atoms with E-state index in [2.05, 4.69) is 0 Å². The summed E-state index contributed by atoms with van der Waals surface area (Å²) in [6, 6.07) is 11.1. The van der Waals surface area contributed by atoms with E-state index in [1.807, 2.05) is 24.3 Å². The molecule has 1 amide bonds. The van der Waals surface area contributed by atoms with Gasteiger partial charge in [-0.3, -0.25) is 10.0 Å². The lowest BCUT2D eigenvalue weighted by molar-refractivity contribution is -0.129. The monoisotopic (exact) mass is 502 g/mol. The molecule has 2 aromatic rings. The van der Waals surface area contributed by atoms with Gasteiger partial charge in [0.15, 0.2) is 9.84 Å². The van der Waals surface area contributed by atoms with Crippen molar-refractivity contribution in [3.05, 3.63) is 46.8 Å². The van der Waals surface area contributed by atoms with Gasteiger partial charge in [-0.1, -0.05) is 24.3 Å². The maximum Gasteiger partial charge on any atom is 0.245 e. The van der Waals surface area contributed by atoms with E-state index < -0.39 is 42.7 Å². The number of hydrogen-bond donors (Lipinski definition) is 2. The van der Waals surface area contributed by atoms with Crippen LogP contribution in [0.1, 0.15) is 23.3 Å². The van der Waals surface area contributed by atoms with Crippen LogP contribution in [0.25, 0.3) is 10.4 Å². The topological polar surface area (TPSA) is 130 Å². The van der Waals surface area contributed by atoms with Crippen LogP contribution in [0.2, 0.25) is 0 Å². The van der Waals surface area contributed by atoms with Gasteiger partial charge in [-0.25, -0.2) is 26.6 Å². The minimum atomic E-state index is -3.94. The van der Waals surface area contributed by atoms with Crippen LogP contribution < -0.4 is 5.48 Å². The highest BCUT2D eigenvalue weighted by molar-refractivity contribution is 7.92. The normalized spacial score (nSPS) is 21.7. The lowest BCUT2D eigenvalue weighted by atomic mass is 9.97. The van der Waals surface area contributed by atoms with Crippen LogP contribution in [0.3, 0.4) is 0 Å². The zero-order valence-corrected chi connectivity index (χ0v) is 20.2. The van der Waals surface area contributed by atoms with Crippen molar-refractivity contribution in [1.82, 2.24) is 9.79 Å². The average molecular weight is 503 g/mol. The maximum absolute atomic E-state index is 13.4. The van der Waals surface area contributed by atoms with Gasteiger partial charge in [-0.15, -0.1) is 11.3 Å². The predicted octanol–water partition coefficient (Wildman–Crippen LogP) is 1.73. The Labute approximate surface area is 191 Å². The quantitative estimate of drug-likeness (QED) is 0.436. The SMILES string of the molecule is COCc1ccc(-c2ccc(C3(CC(=O)NO)CCN(S(C)(=O)=O)CCS3(=O)=O)s2)cc1. The number of ether oxygens (including phenoxy) is 1. The second kappa shape index (κ2) is 9.57. The molecule has 1 aromatic heterocycles. The molecular weight excluding hydrogens is 476 g/mol. The molecule has 0 radical (unpaired) electrons. The van der Waals surface area contributed by atoms with Gasteiger partial charge in [-0.2, -0.15) is 0 Å². The zero-order valence-electron chi connectivity index (χ0n) is 17.8. The van der Waals surface area contributed by atoms with Crippen LogP contribution in [-0.2, 0) is 40.7 Å². The molecule has 2 heterocycles. The molecule has 1 aliphatic rings. The number of hydroxylamine groups is 1. The number of sulfonamides is 1. The van der Waals surface area contributed by atoms with Gasteiger partial charge in [0.1, 0.15) is 4.75 Å². The Bertz CT molecular complexity index is 1170. The number of hydrogen-bond acceptors (Lipinski definition) is 8. The molecule has 1 saturated heterocycles. The van der Waals surface area contributed by atoms with Crippen molar-refractivity contribution in [3.63, 3.8) is 0 Å². The lowest BCUT2D eigenvalue weighted by Crippen LogP contribution is -2.41. The van der Waals surface area contributed by atoms with E-state index in [1.165, 1.54) is 16.8 Å². The molecule has 1 aliphatic heterocycles. The van der Waals surface area contributed by atoms with Crippen molar-refractivity contribution in [2.24, 2.45) is 0 Å². The number of amides is 1. The lowest BCUT2D eigenvalue weighted by Gasteiger charge is -2.30. The van der Waals surface area contributed by atoms with Crippen molar-refractivity contribution in [2.75, 3.05) is 32.2 Å². The Morgan fingerprint density at radius 3 is 2.50 bits per heavy atom. The number of nitrogens with zero attached hydrogens (tertiary/aromatic N) is 1. The van der Waals surface area contributed by atoms with E-state index in [9.17, 15) is 21.6 Å². The third kappa shape index (κ3) is 5.05. The highest BCUT2D eigenvalue weighted by Crippen LogP contribution is 2.45. The van der Waals surface area contributed by atoms with Gasteiger partial charge in [0.2, 0.25) is 15.9 Å². The standard InChI is InChI=1S/C20H26N2O7S3/c1-29-14-15-3-5-16(6-4-15)17-7-8-18(30-17)20(13-19(23)21-24)9-10-22(31(2,25)26)11-12-32(20,27)28/h3-8,24H,9-14H2,1-2H3,(H,21,23). The molecule has 0 bridgehead atoms. The summed E-state index contributed by atoms with van der Waals surface area (Å²) in [6.45, 7) is 0.253. The Kier molecular flexibility index (Phi) is 7.42. The fourth-order valence-electron chi connectivity index (χ4n) is 3.85. The molecule has 176 valence electrons. The number of benzene rings is 1. The number of carbonyl (C=O) groups excluding carboxylic acids is 1. The van der Waals surface area contributed by atoms with Crippen molar-refractivity contribution >= 4 is 37.1 Å². The van der Waals surface area contributed by atoms with Crippen LogP contribution in [0, 0.1) is 0 Å². The summed E-state index contributed by atoms with van der Waals surface area (Å²) in [5.41, 5.74) is 3.40. The van der Waals surface area contributed by atoms with Gasteiger partial charge >= 0.3 is 0 Å². The van der Waals surface area contributed by atoms with E-state index in [0.717, 1.165) is 26.6 Å². The third-order valence-corrected chi connectivity index (χ3v) is 10.9. The molecule has 0 saturated carbocycles. The molecule has 1 unspecified atom stereocenters. The Morgan fingerprint density at radius 2 is 1.91 bits per heavy atom. The van der Waals surface area contributed by atoms with E-state index in [-0.39, 0.29) is 19.5 Å². The molecule has 1 atom stereocenters. The predicted molar refractivity (Wildman–Crippen MR) is 122 cm³/mol. The molecule has 0 aliphatic carbocycles. The first-order valence-corrected chi connectivity index (χ1v) is 14.1. The fourth-order valence-corrected chi connectivity index (χ4v) is 8.42. The number of rotatable bonds is 7. The van der Waals surface area contributed by atoms with E-state index >= 15 is 0 Å². The zero-order chi connectivity index (χ0) is 23.6. The summed E-state index contributed by atoms with van der Waals surface area (Å²) in [4.78, 5) is 13.4. The van der Waals surface area contributed by atoms with Gasteiger partial charge in [0.05, 0.1) is 25.0 Å². The largest absolute Gasteiger partial charge is 0.380 e. The van der Waals surface area contributed by atoms with Gasteiger partial charge < -0.3 is 4.74 Å². The van der Waals surface area contributed by atoms with E-state index in [4.69, 9.17) is 9.94 Å². The molecule has 3 rings (SSSR count). The number of methoxy groups -OCH3 is 1. The van der Waals surface area contributed by atoms with Gasteiger partial charge in [-0.05, 0) is 29.7 Å². The molecule has 12 heteroatoms. The van der Waals surface area contributed by atoms with Crippen molar-refractivity contribution in [1.29, 1.82) is 0 Å². The highest BCUT2D eigenvalue weighted by Gasteiger charge is 2.50. The number of nitrogens with one attached hydrogen (secondary N) is 1. The number of carbonyl (C=O) groups is 1. The Hall–Kier alpha value is -1.83. The Morgan fingerprint density at radius 1 is 1.22 bits per heavy atom. The third-order valence-electron chi connectivity index (χ3n) is 5.61. The second-order valence-corrected chi connectivity index (χ2v) is 13.2. The fraction of sp³-hybridized carbons (Fsp3) is 0.450. The van der Waals surface area contributed by atoms with Crippen LogP contribution in [-0.4, -0.2) is 64.5 Å². The van der Waals surface area contributed by atoms with Crippen molar-refractivity contribution < 1.29 is 31.6 Å². The van der Waals surface area contributed by atoms with Crippen LogP contribution >= 0.6 is 11.3 Å². The summed E-state index contributed by atoms with van der Waals surface area (Å²) in [6.07, 6.45) is 0.433. The first-order chi connectivity index (χ1) is 15.0. The summed E-state index contributed by atoms with van der Waals surface area (Å²) in [7, 11) is -5.93. The van der Waals surface area contributed by atoms with E-state index in [1.54, 1.807) is 19.2 Å². The second-order valence-electron chi connectivity index (χ2n) is 7.73. The summed E-state index contributed by atoms with van der Waals surface area (Å²) < 4.78 is 55.5. The maximum atomic E-state index is 13.4. The molecule has 1 fully saturated rings. The van der Waals surface area contributed by atoms with E-state index in [0.29, 0.717) is 11.5 Å². The minimum absolute atomic E-state index is 0.0459. The number of thiophene rings is 1. The van der Waals surface area contributed by atoms with Crippen molar-refractivity contribution in [2.45, 2.75) is 24.2 Å². The number of sulfone groups is 1. The molecular formula is C20H26N2O7S3. The molecule has 1 aromatic carbocycles. The van der Waals surface area contributed by atoms with Crippen LogP contribution in [0.4, 0.5) is 0 Å². The molecule has 32 heavy (non-hydrogen) atoms. The van der Waals surface area contributed by atoms with Gasteiger partial charge in [0, 0.05) is 30.0 Å². The van der Waals surface area contributed by atoms with Crippen molar-refractivity contribution in [3.8, 4) is 10.4 Å².